The van der Waals surface area contributed by atoms with Gasteiger partial charge in [-0.2, -0.15) is 13.2 Å². The van der Waals surface area contributed by atoms with Crippen LogP contribution in [0.15, 0.2) is 24.3 Å². The summed E-state index contributed by atoms with van der Waals surface area (Å²) in [6.07, 6.45) is -4.84. The van der Waals surface area contributed by atoms with Gasteiger partial charge in [-0.25, -0.2) is 22.8 Å². The predicted octanol–water partition coefficient (Wildman–Crippen LogP) is 2.09. The van der Waals surface area contributed by atoms with Crippen LogP contribution < -0.4 is 5.73 Å². The Kier molecular flexibility index (Phi) is 10.3. The molecule has 0 radical (unpaired) electrons. The third kappa shape index (κ3) is 9.04. The van der Waals surface area contributed by atoms with Crippen molar-refractivity contribution in [2.24, 2.45) is 11.7 Å². The van der Waals surface area contributed by atoms with Gasteiger partial charge in [0.15, 0.2) is 11.6 Å². The van der Waals surface area contributed by atoms with E-state index in [2.05, 4.69) is 0 Å². The van der Waals surface area contributed by atoms with Crippen LogP contribution in [0.25, 0.3) is 0 Å². The first-order valence-corrected chi connectivity index (χ1v) is 11.2. The third-order valence-electron chi connectivity index (χ3n) is 5.95. The minimum Gasteiger partial charge on any atom is -0.478 e. The Balaban J connectivity index is 0.000000550. The number of likely N-dealkylation sites (tertiary alicyclic amines) is 2. The average molecular weight is 553 g/mol. The van der Waals surface area contributed by atoms with Crippen molar-refractivity contribution in [3.8, 4) is 0 Å². The molecule has 0 saturated carbocycles. The molecule has 1 aromatic carbocycles. The number of hydrogen-bond donors (Lipinski definition) is 3. The molecule has 4 N–H and O–H groups in total. The van der Waals surface area contributed by atoms with Gasteiger partial charge in [0.05, 0.1) is 6.04 Å². The van der Waals surface area contributed by atoms with E-state index >= 15 is 0 Å². The molecule has 0 spiro atoms. The standard InChI is InChI=1S/C19H21F6N3O2.C4H4O4/c20-13-6-15(22)14(21)4-11(13)3-12(26)5-17(29)28-2-1-10-8-27(9-16(10)28)18(30)7-19(23,24)25;5-3(6)1-2-4(7)8/h4,6,10,12,16H,1-3,5,7-9,26H2;1-2H,(H,5,6)(H,7,8)/t10-,12+,16+;/m0./s1. The molecule has 3 atom stereocenters. The van der Waals surface area contributed by atoms with Crippen LogP contribution in [0, 0.1) is 23.4 Å². The minimum absolute atomic E-state index is 0.0262. The summed E-state index contributed by atoms with van der Waals surface area (Å²) in [5, 5.41) is 15.6. The van der Waals surface area contributed by atoms with Crippen molar-refractivity contribution in [1.82, 2.24) is 9.80 Å². The van der Waals surface area contributed by atoms with Crippen LogP contribution in [-0.4, -0.2) is 81.7 Å². The maximum atomic E-state index is 13.8. The highest BCUT2D eigenvalue weighted by molar-refractivity contribution is 5.89. The van der Waals surface area contributed by atoms with E-state index in [0.717, 1.165) is 4.90 Å². The molecule has 0 aliphatic carbocycles. The first kappa shape index (κ1) is 30.6. The number of rotatable bonds is 7. The molecule has 2 fully saturated rings. The van der Waals surface area contributed by atoms with Gasteiger partial charge in [0.1, 0.15) is 12.2 Å². The zero-order valence-corrected chi connectivity index (χ0v) is 19.8. The second-order valence-corrected chi connectivity index (χ2v) is 8.83. The fraction of sp³-hybridized carbons (Fsp3) is 0.478. The molecule has 2 aliphatic heterocycles. The van der Waals surface area contributed by atoms with Crippen LogP contribution >= 0.6 is 0 Å². The first-order valence-electron chi connectivity index (χ1n) is 11.2. The number of nitrogens with zero attached hydrogens (tertiary/aromatic N) is 2. The van der Waals surface area contributed by atoms with Gasteiger partial charge in [-0.1, -0.05) is 0 Å². The van der Waals surface area contributed by atoms with Crippen molar-refractivity contribution in [2.45, 2.75) is 43.9 Å². The van der Waals surface area contributed by atoms with Crippen LogP contribution in [-0.2, 0) is 25.6 Å². The van der Waals surface area contributed by atoms with Gasteiger partial charge in [0, 0.05) is 56.2 Å². The zero-order valence-electron chi connectivity index (χ0n) is 19.8. The fourth-order valence-corrected chi connectivity index (χ4v) is 4.32. The van der Waals surface area contributed by atoms with Crippen LogP contribution in [0.3, 0.4) is 0 Å². The summed E-state index contributed by atoms with van der Waals surface area (Å²) < 4.78 is 77.5. The summed E-state index contributed by atoms with van der Waals surface area (Å²) in [6.45, 7) is 0.579. The Labute approximate surface area is 212 Å². The van der Waals surface area contributed by atoms with E-state index in [-0.39, 0.29) is 49.4 Å². The number of alkyl halides is 3. The van der Waals surface area contributed by atoms with Crippen molar-refractivity contribution in [3.63, 3.8) is 0 Å². The van der Waals surface area contributed by atoms with Gasteiger partial charge in [-0.3, -0.25) is 9.59 Å². The Morgan fingerprint density at radius 2 is 1.55 bits per heavy atom. The molecule has 38 heavy (non-hydrogen) atoms. The van der Waals surface area contributed by atoms with Crippen molar-refractivity contribution in [1.29, 1.82) is 0 Å². The molecule has 0 bridgehead atoms. The van der Waals surface area contributed by atoms with Crippen molar-refractivity contribution < 1.29 is 55.7 Å². The molecule has 2 saturated heterocycles. The Morgan fingerprint density at radius 3 is 2.11 bits per heavy atom. The number of hydrogen-bond acceptors (Lipinski definition) is 5. The van der Waals surface area contributed by atoms with Crippen LogP contribution in [0.1, 0.15) is 24.8 Å². The smallest absolute Gasteiger partial charge is 0.397 e. The number of halogens is 6. The van der Waals surface area contributed by atoms with Crippen molar-refractivity contribution >= 4 is 23.8 Å². The highest BCUT2D eigenvalue weighted by Crippen LogP contribution is 2.33. The number of nitrogens with two attached hydrogens (primary N) is 1. The van der Waals surface area contributed by atoms with E-state index in [4.69, 9.17) is 15.9 Å². The number of carbonyl (C=O) groups excluding carboxylic acids is 2. The third-order valence-corrected chi connectivity index (χ3v) is 5.95. The molecule has 3 rings (SSSR count). The summed E-state index contributed by atoms with van der Waals surface area (Å²) in [4.78, 5) is 46.2. The number of carbonyl (C=O) groups is 4. The lowest BCUT2D eigenvalue weighted by Gasteiger charge is -2.26. The van der Waals surface area contributed by atoms with Gasteiger partial charge < -0.3 is 25.7 Å². The summed E-state index contributed by atoms with van der Waals surface area (Å²) in [5.41, 5.74) is 5.74. The molecule has 2 heterocycles. The number of amides is 2. The molecule has 2 amide bonds. The molecule has 210 valence electrons. The summed E-state index contributed by atoms with van der Waals surface area (Å²) in [6, 6.07) is -0.140. The highest BCUT2D eigenvalue weighted by Gasteiger charge is 2.46. The number of benzene rings is 1. The summed E-state index contributed by atoms with van der Waals surface area (Å²) in [5.74, 6) is -7.52. The van der Waals surface area contributed by atoms with Crippen molar-refractivity contribution in [2.75, 3.05) is 19.6 Å². The molecule has 0 unspecified atom stereocenters. The Hall–Kier alpha value is -3.62. The number of carboxylic acid groups (broad SMARTS) is 2. The Bertz CT molecular complexity index is 1080. The fourth-order valence-electron chi connectivity index (χ4n) is 4.32. The summed E-state index contributed by atoms with van der Waals surface area (Å²) >= 11 is 0. The van der Waals surface area contributed by atoms with Crippen LogP contribution in [0.5, 0.6) is 0 Å². The molecule has 9 nitrogen and oxygen atoms in total. The van der Waals surface area contributed by atoms with Gasteiger partial charge in [-0.15, -0.1) is 0 Å². The first-order chi connectivity index (χ1) is 17.6. The van der Waals surface area contributed by atoms with E-state index in [0.29, 0.717) is 37.3 Å². The van der Waals surface area contributed by atoms with E-state index in [1.165, 1.54) is 4.90 Å². The number of aliphatic carboxylic acids is 2. The second-order valence-electron chi connectivity index (χ2n) is 8.83. The molecule has 1 aromatic rings. The lowest BCUT2D eigenvalue weighted by Crippen LogP contribution is -2.43. The van der Waals surface area contributed by atoms with Gasteiger partial charge in [-0.05, 0) is 24.5 Å². The van der Waals surface area contributed by atoms with Crippen LogP contribution in [0.4, 0.5) is 26.3 Å². The lowest BCUT2D eigenvalue weighted by atomic mass is 10.0. The quantitative estimate of drug-likeness (QED) is 0.267. The van der Waals surface area contributed by atoms with E-state index < -0.39 is 53.9 Å². The van der Waals surface area contributed by atoms with Gasteiger partial charge in [0.2, 0.25) is 11.8 Å². The maximum absolute atomic E-state index is 13.8. The number of fused-ring (bicyclic) bond motifs is 1. The molecular weight excluding hydrogens is 528 g/mol. The van der Waals surface area contributed by atoms with Gasteiger partial charge in [0.25, 0.3) is 0 Å². The summed E-state index contributed by atoms with van der Waals surface area (Å²) in [7, 11) is 0. The minimum atomic E-state index is -4.59. The average Bonchev–Trinajstić information content (AvgIpc) is 3.36. The van der Waals surface area contributed by atoms with E-state index in [1.807, 2.05) is 0 Å². The normalized spacial score (nSPS) is 19.7. The zero-order chi connectivity index (χ0) is 28.8. The van der Waals surface area contributed by atoms with E-state index in [1.54, 1.807) is 0 Å². The highest BCUT2D eigenvalue weighted by atomic mass is 19.4. The maximum Gasteiger partial charge on any atom is 0.397 e. The number of carboxylic acids is 2. The van der Waals surface area contributed by atoms with Gasteiger partial charge >= 0.3 is 18.1 Å². The molecular formula is C23H25F6N3O6. The lowest BCUT2D eigenvalue weighted by molar-refractivity contribution is -0.161. The van der Waals surface area contributed by atoms with Crippen LogP contribution in [0.2, 0.25) is 0 Å². The Morgan fingerprint density at radius 1 is 0.974 bits per heavy atom. The van der Waals surface area contributed by atoms with E-state index in [9.17, 15) is 45.5 Å². The molecule has 0 aromatic heterocycles. The SMILES string of the molecule is N[C@@H](CC(=O)N1CC[C@H]2CN(C(=O)CC(F)(F)F)C[C@H]21)Cc1cc(F)c(F)cc1F.O=C(O)C=CC(=O)O. The molecule has 15 heteroatoms. The topological polar surface area (TPSA) is 141 Å². The second kappa shape index (κ2) is 12.8. The molecule has 2 aliphatic rings. The monoisotopic (exact) mass is 553 g/mol. The van der Waals surface area contributed by atoms with Crippen molar-refractivity contribution in [3.05, 3.63) is 47.3 Å². The predicted molar refractivity (Wildman–Crippen MR) is 118 cm³/mol. The largest absolute Gasteiger partial charge is 0.478 e.